The highest BCUT2D eigenvalue weighted by molar-refractivity contribution is 5.66. The predicted octanol–water partition coefficient (Wildman–Crippen LogP) is 3.74. The molecule has 1 aliphatic rings. The van der Waals surface area contributed by atoms with Crippen LogP contribution in [0.3, 0.4) is 0 Å². The van der Waals surface area contributed by atoms with E-state index in [9.17, 15) is 9.90 Å². The van der Waals surface area contributed by atoms with Crippen LogP contribution in [-0.4, -0.2) is 17.5 Å². The first-order valence-electron chi connectivity index (χ1n) is 7.11. The molecular weight excluding hydrogens is 276 g/mol. The summed E-state index contributed by atoms with van der Waals surface area (Å²) >= 11 is 0. The van der Waals surface area contributed by atoms with Gasteiger partial charge in [0.1, 0.15) is 5.76 Å². The van der Waals surface area contributed by atoms with E-state index < -0.39 is 6.10 Å². The van der Waals surface area contributed by atoms with E-state index in [-0.39, 0.29) is 11.7 Å². The average molecular weight is 292 g/mol. The summed E-state index contributed by atoms with van der Waals surface area (Å²) in [5, 5.41) is 10.3. The number of aldehydes is 1. The van der Waals surface area contributed by atoms with Crippen molar-refractivity contribution < 1.29 is 14.6 Å². The Hall–Kier alpha value is -2.81. The van der Waals surface area contributed by atoms with Gasteiger partial charge >= 0.3 is 0 Å². The fourth-order valence-electron chi connectivity index (χ4n) is 2.76. The summed E-state index contributed by atoms with van der Waals surface area (Å²) < 4.78 is 5.37. The molecule has 1 unspecified atom stereocenters. The smallest absolute Gasteiger partial charge is 0.179 e. The second-order valence-electron chi connectivity index (χ2n) is 5.09. The maximum Gasteiger partial charge on any atom is 0.179 e. The van der Waals surface area contributed by atoms with Gasteiger partial charge < -0.3 is 9.84 Å². The highest BCUT2D eigenvalue weighted by Crippen LogP contribution is 2.37. The molecule has 0 radical (unpaired) electrons. The number of hydrogen-bond acceptors (Lipinski definition) is 3. The molecule has 3 heteroatoms. The van der Waals surface area contributed by atoms with Crippen LogP contribution in [0.4, 0.5) is 0 Å². The van der Waals surface area contributed by atoms with Crippen LogP contribution >= 0.6 is 0 Å². The summed E-state index contributed by atoms with van der Waals surface area (Å²) in [6.07, 6.45) is 2.77. The van der Waals surface area contributed by atoms with Crippen LogP contribution < -0.4 is 0 Å². The second kappa shape index (κ2) is 6.31. The number of aliphatic hydroxyl groups is 1. The van der Waals surface area contributed by atoms with Gasteiger partial charge in [-0.05, 0) is 11.1 Å². The number of carbonyl (C=O) groups is 1. The Morgan fingerprint density at radius 1 is 0.955 bits per heavy atom. The summed E-state index contributed by atoms with van der Waals surface area (Å²) in [6, 6.07) is 19.6. The number of aliphatic hydroxyl groups excluding tert-OH is 1. The molecule has 1 N–H and O–H groups in total. The van der Waals surface area contributed by atoms with Crippen LogP contribution in [0.2, 0.25) is 0 Å². The lowest BCUT2D eigenvalue weighted by molar-refractivity contribution is -0.114. The zero-order chi connectivity index (χ0) is 15.4. The predicted molar refractivity (Wildman–Crippen MR) is 84.5 cm³/mol. The van der Waals surface area contributed by atoms with Crippen LogP contribution in [0.15, 0.2) is 84.3 Å². The molecule has 0 aliphatic carbocycles. The topological polar surface area (TPSA) is 46.5 Å². The largest absolute Gasteiger partial charge is 0.508 e. The Morgan fingerprint density at radius 2 is 1.50 bits per heavy atom. The van der Waals surface area contributed by atoms with Gasteiger partial charge in [-0.1, -0.05) is 60.7 Å². The minimum atomic E-state index is -0.782. The monoisotopic (exact) mass is 292 g/mol. The molecule has 1 atom stereocenters. The molecular formula is C19H16O3. The van der Waals surface area contributed by atoms with Gasteiger partial charge in [0, 0.05) is 17.6 Å². The molecule has 0 fully saturated rings. The van der Waals surface area contributed by atoms with Crippen LogP contribution in [0.1, 0.15) is 17.0 Å². The van der Waals surface area contributed by atoms with Gasteiger partial charge in [-0.15, -0.1) is 0 Å². The maximum atomic E-state index is 11.4. The van der Waals surface area contributed by atoms with Gasteiger partial charge in [0.2, 0.25) is 0 Å². The van der Waals surface area contributed by atoms with Crippen LogP contribution in [0.25, 0.3) is 0 Å². The third-order valence-electron chi connectivity index (χ3n) is 3.75. The summed E-state index contributed by atoms with van der Waals surface area (Å²) in [7, 11) is 0. The van der Waals surface area contributed by atoms with E-state index in [1.54, 1.807) is 0 Å². The summed E-state index contributed by atoms with van der Waals surface area (Å²) in [6.45, 7) is 0. The number of ether oxygens (including phenoxy) is 1. The second-order valence-corrected chi connectivity index (χ2v) is 5.09. The highest BCUT2D eigenvalue weighted by Gasteiger charge is 2.30. The Morgan fingerprint density at radius 3 is 2.00 bits per heavy atom. The summed E-state index contributed by atoms with van der Waals surface area (Å²) in [4.78, 5) is 11.4. The molecule has 22 heavy (non-hydrogen) atoms. The normalized spacial score (nSPS) is 17.4. The summed E-state index contributed by atoms with van der Waals surface area (Å²) in [5.74, 6) is -0.149. The lowest BCUT2D eigenvalue weighted by Crippen LogP contribution is -2.25. The number of carbonyl (C=O) groups excluding carboxylic acids is 1. The first kappa shape index (κ1) is 14.1. The van der Waals surface area contributed by atoms with Crippen LogP contribution in [0, 0.1) is 0 Å². The highest BCUT2D eigenvalue weighted by atomic mass is 16.5. The van der Waals surface area contributed by atoms with Crippen molar-refractivity contribution in [2.24, 2.45) is 0 Å². The molecule has 1 aliphatic heterocycles. The van der Waals surface area contributed by atoms with Crippen molar-refractivity contribution in [3.05, 3.63) is 95.5 Å². The van der Waals surface area contributed by atoms with Gasteiger partial charge in [-0.2, -0.15) is 0 Å². The van der Waals surface area contributed by atoms with Crippen molar-refractivity contribution in [1.82, 2.24) is 0 Å². The van der Waals surface area contributed by atoms with Crippen molar-refractivity contribution in [3.8, 4) is 0 Å². The molecule has 0 aromatic heterocycles. The van der Waals surface area contributed by atoms with Gasteiger partial charge in [0.15, 0.2) is 12.4 Å². The van der Waals surface area contributed by atoms with Crippen molar-refractivity contribution >= 4 is 6.29 Å². The minimum Gasteiger partial charge on any atom is -0.508 e. The van der Waals surface area contributed by atoms with Crippen molar-refractivity contribution in [2.45, 2.75) is 12.0 Å². The molecule has 0 bridgehead atoms. The van der Waals surface area contributed by atoms with E-state index >= 15 is 0 Å². The lowest BCUT2D eigenvalue weighted by Gasteiger charge is -2.27. The molecule has 0 saturated heterocycles. The van der Waals surface area contributed by atoms with Gasteiger partial charge in [-0.3, -0.25) is 4.79 Å². The molecule has 0 saturated carbocycles. The van der Waals surface area contributed by atoms with E-state index in [2.05, 4.69) is 0 Å². The molecule has 2 aromatic rings. The minimum absolute atomic E-state index is 0.0843. The Bertz CT molecular complexity index is 662. The molecule has 1 heterocycles. The van der Waals surface area contributed by atoms with Crippen molar-refractivity contribution in [1.29, 1.82) is 0 Å². The number of benzene rings is 2. The summed E-state index contributed by atoms with van der Waals surface area (Å²) in [5.41, 5.74) is 2.57. The Kier molecular flexibility index (Phi) is 4.05. The Labute approximate surface area is 129 Å². The van der Waals surface area contributed by atoms with Crippen molar-refractivity contribution in [2.75, 3.05) is 0 Å². The zero-order valence-corrected chi connectivity index (χ0v) is 11.9. The molecule has 3 nitrogen and oxygen atoms in total. The molecule has 0 amide bonds. The Balaban J connectivity index is 2.18. The molecule has 0 spiro atoms. The third-order valence-corrected chi connectivity index (χ3v) is 3.75. The van der Waals surface area contributed by atoms with E-state index in [0.717, 1.165) is 11.1 Å². The van der Waals surface area contributed by atoms with E-state index in [0.29, 0.717) is 11.9 Å². The van der Waals surface area contributed by atoms with E-state index in [1.807, 2.05) is 60.7 Å². The number of hydrogen-bond donors (Lipinski definition) is 1. The first-order valence-corrected chi connectivity index (χ1v) is 7.11. The van der Waals surface area contributed by atoms with Crippen LogP contribution in [-0.2, 0) is 9.53 Å². The first-order chi connectivity index (χ1) is 10.8. The SMILES string of the molecule is O=CC1OC=CC(O)=C1C(c1ccccc1)c1ccccc1. The average Bonchev–Trinajstić information content (AvgIpc) is 2.58. The van der Waals surface area contributed by atoms with Gasteiger partial charge in [0.25, 0.3) is 0 Å². The molecule has 110 valence electrons. The van der Waals surface area contributed by atoms with E-state index in [1.165, 1.54) is 12.3 Å². The number of allylic oxidation sites excluding steroid dienone is 1. The fraction of sp³-hybridized carbons (Fsp3) is 0.105. The molecule has 2 aromatic carbocycles. The van der Waals surface area contributed by atoms with Gasteiger partial charge in [0.05, 0.1) is 6.26 Å². The van der Waals surface area contributed by atoms with Gasteiger partial charge in [-0.25, -0.2) is 0 Å². The van der Waals surface area contributed by atoms with E-state index in [4.69, 9.17) is 4.74 Å². The quantitative estimate of drug-likeness (QED) is 0.873. The standard InChI is InChI=1S/C19H16O3/c20-13-17-19(16(21)11-12-22-17)18(14-7-3-1-4-8-14)15-9-5-2-6-10-15/h1-13,17-18,21H. The molecule has 3 rings (SSSR count). The fourth-order valence-corrected chi connectivity index (χ4v) is 2.76. The van der Waals surface area contributed by atoms with Crippen LogP contribution in [0.5, 0.6) is 0 Å². The maximum absolute atomic E-state index is 11.4. The third kappa shape index (κ3) is 2.66. The van der Waals surface area contributed by atoms with Crippen molar-refractivity contribution in [3.63, 3.8) is 0 Å². The lowest BCUT2D eigenvalue weighted by atomic mass is 9.81. The number of rotatable bonds is 4. The zero-order valence-electron chi connectivity index (χ0n) is 11.9.